The van der Waals surface area contributed by atoms with Crippen molar-refractivity contribution in [3.8, 4) is 5.75 Å². The van der Waals surface area contributed by atoms with Gasteiger partial charge in [0.15, 0.2) is 5.69 Å². The number of aromatic nitrogens is 3. The van der Waals surface area contributed by atoms with E-state index in [1.54, 1.807) is 6.20 Å². The first kappa shape index (κ1) is 19.2. The highest BCUT2D eigenvalue weighted by Gasteiger charge is 2.18. The van der Waals surface area contributed by atoms with Gasteiger partial charge in [-0.05, 0) is 38.9 Å². The number of halogens is 1. The number of hydrogen-bond donors (Lipinski definition) is 2. The van der Waals surface area contributed by atoms with E-state index < -0.39 is 0 Å². The van der Waals surface area contributed by atoms with E-state index in [0.717, 1.165) is 37.2 Å². The van der Waals surface area contributed by atoms with Gasteiger partial charge >= 0.3 is 0 Å². The third kappa shape index (κ3) is 4.93. The third-order valence-electron chi connectivity index (χ3n) is 4.14. The molecule has 0 atom stereocenters. The number of rotatable bonds is 6. The number of piperidine rings is 1. The molecule has 0 saturated carbocycles. The molecule has 136 valence electrons. The molecule has 8 heteroatoms. The van der Waals surface area contributed by atoms with Crippen LogP contribution in [0, 0.1) is 0 Å². The molecule has 1 amide bonds. The summed E-state index contributed by atoms with van der Waals surface area (Å²) in [7, 11) is 0. The fraction of sp³-hybridized carbons (Fsp3) is 0.471. The Morgan fingerprint density at radius 3 is 2.88 bits per heavy atom. The van der Waals surface area contributed by atoms with E-state index in [9.17, 15) is 4.79 Å². The van der Waals surface area contributed by atoms with Crippen LogP contribution in [0.2, 0.25) is 0 Å². The second kappa shape index (κ2) is 9.39. The second-order valence-electron chi connectivity index (χ2n) is 5.79. The van der Waals surface area contributed by atoms with Crippen LogP contribution >= 0.6 is 12.4 Å². The van der Waals surface area contributed by atoms with Gasteiger partial charge in [0.05, 0.1) is 18.8 Å². The average Bonchev–Trinajstić information content (AvgIpc) is 3.12. The minimum atomic E-state index is -0.221. The number of hydrogen-bond acceptors (Lipinski definition) is 5. The zero-order chi connectivity index (χ0) is 16.8. The van der Waals surface area contributed by atoms with Crippen LogP contribution in [0.3, 0.4) is 0 Å². The summed E-state index contributed by atoms with van der Waals surface area (Å²) in [5.41, 5.74) is 1.29. The lowest BCUT2D eigenvalue weighted by molar-refractivity contribution is 0.0945. The van der Waals surface area contributed by atoms with Crippen LogP contribution in [0.1, 0.15) is 41.9 Å². The zero-order valence-electron chi connectivity index (χ0n) is 14.3. The molecule has 1 aromatic carbocycles. The Kier molecular flexibility index (Phi) is 7.21. The van der Waals surface area contributed by atoms with E-state index in [1.807, 2.05) is 35.9 Å². The fourth-order valence-electron chi connectivity index (χ4n) is 2.84. The van der Waals surface area contributed by atoms with Gasteiger partial charge in [0, 0.05) is 12.1 Å². The number of ether oxygens (including phenoxy) is 1. The van der Waals surface area contributed by atoms with Crippen LogP contribution in [0.15, 0.2) is 30.5 Å². The Morgan fingerprint density at radius 2 is 2.12 bits per heavy atom. The minimum absolute atomic E-state index is 0. The average molecular weight is 366 g/mol. The molecule has 1 aliphatic heterocycles. The number of carbonyl (C=O) groups is 1. The molecule has 0 unspecified atom stereocenters. The van der Waals surface area contributed by atoms with Crippen molar-refractivity contribution in [1.82, 2.24) is 25.6 Å². The largest absolute Gasteiger partial charge is 0.494 e. The van der Waals surface area contributed by atoms with E-state index in [-0.39, 0.29) is 18.3 Å². The molecule has 0 bridgehead atoms. The first-order chi connectivity index (χ1) is 11.8. The summed E-state index contributed by atoms with van der Waals surface area (Å²) >= 11 is 0. The monoisotopic (exact) mass is 365 g/mol. The van der Waals surface area contributed by atoms with E-state index in [0.29, 0.717) is 24.9 Å². The van der Waals surface area contributed by atoms with Gasteiger partial charge in [-0.1, -0.05) is 23.4 Å². The van der Waals surface area contributed by atoms with Gasteiger partial charge in [0.1, 0.15) is 5.75 Å². The number of benzene rings is 1. The minimum Gasteiger partial charge on any atom is -0.494 e. The molecular formula is C17H24ClN5O2. The maximum Gasteiger partial charge on any atom is 0.273 e. The highest BCUT2D eigenvalue weighted by Crippen LogP contribution is 2.18. The zero-order valence-corrected chi connectivity index (χ0v) is 15.1. The van der Waals surface area contributed by atoms with Crippen LogP contribution in [-0.2, 0) is 6.54 Å². The summed E-state index contributed by atoms with van der Waals surface area (Å²) in [4.78, 5) is 12.3. The van der Waals surface area contributed by atoms with Gasteiger partial charge in [0.2, 0.25) is 0 Å². The standard InChI is InChI=1S/C17H23N5O2.ClH/c1-2-24-16-6-4-3-5-13(16)11-19-17(23)15-12-22(21-20-15)14-7-9-18-10-8-14;/h3-6,12,14,18H,2,7-11H2,1H3,(H,19,23);1H. The molecule has 2 N–H and O–H groups in total. The lowest BCUT2D eigenvalue weighted by atomic mass is 10.1. The smallest absolute Gasteiger partial charge is 0.273 e. The van der Waals surface area contributed by atoms with Crippen LogP contribution < -0.4 is 15.4 Å². The van der Waals surface area contributed by atoms with Gasteiger partial charge in [0.25, 0.3) is 5.91 Å². The topological polar surface area (TPSA) is 81.1 Å². The molecule has 2 aromatic rings. The molecule has 0 aliphatic carbocycles. The van der Waals surface area contributed by atoms with Crippen LogP contribution in [0.25, 0.3) is 0 Å². The quantitative estimate of drug-likeness (QED) is 0.817. The van der Waals surface area contributed by atoms with Crippen LogP contribution in [0.5, 0.6) is 5.75 Å². The fourth-order valence-corrected chi connectivity index (χ4v) is 2.84. The van der Waals surface area contributed by atoms with E-state index in [1.165, 1.54) is 0 Å². The van der Waals surface area contributed by atoms with Gasteiger partial charge in [-0.3, -0.25) is 4.79 Å². The summed E-state index contributed by atoms with van der Waals surface area (Å²) in [5, 5.41) is 14.3. The van der Waals surface area contributed by atoms with Crippen molar-refractivity contribution in [3.05, 3.63) is 41.7 Å². The van der Waals surface area contributed by atoms with Crippen molar-refractivity contribution >= 4 is 18.3 Å². The summed E-state index contributed by atoms with van der Waals surface area (Å²) in [6.07, 6.45) is 3.75. The molecule has 1 fully saturated rings. The molecule has 3 rings (SSSR count). The van der Waals surface area contributed by atoms with Gasteiger partial charge in [-0.15, -0.1) is 17.5 Å². The Balaban J connectivity index is 0.00000225. The lowest BCUT2D eigenvalue weighted by Gasteiger charge is -2.22. The number of nitrogens with one attached hydrogen (secondary N) is 2. The Hall–Kier alpha value is -2.12. The number of para-hydroxylation sites is 1. The highest BCUT2D eigenvalue weighted by atomic mass is 35.5. The van der Waals surface area contributed by atoms with Crippen molar-refractivity contribution in [2.45, 2.75) is 32.4 Å². The molecule has 0 radical (unpaired) electrons. The maximum atomic E-state index is 12.3. The van der Waals surface area contributed by atoms with Gasteiger partial charge in [-0.2, -0.15) is 0 Å². The first-order valence-electron chi connectivity index (χ1n) is 8.39. The van der Waals surface area contributed by atoms with E-state index in [4.69, 9.17) is 4.74 Å². The summed E-state index contributed by atoms with van der Waals surface area (Å²) < 4.78 is 7.38. The summed E-state index contributed by atoms with van der Waals surface area (Å²) in [6.45, 7) is 4.87. The van der Waals surface area contributed by atoms with Crippen molar-refractivity contribution in [2.75, 3.05) is 19.7 Å². The van der Waals surface area contributed by atoms with Crippen molar-refractivity contribution < 1.29 is 9.53 Å². The van der Waals surface area contributed by atoms with Crippen molar-refractivity contribution in [2.24, 2.45) is 0 Å². The molecule has 1 aliphatic rings. The molecule has 0 spiro atoms. The maximum absolute atomic E-state index is 12.3. The Bertz CT molecular complexity index is 685. The molecular weight excluding hydrogens is 342 g/mol. The SMILES string of the molecule is CCOc1ccccc1CNC(=O)c1cn(C2CCNCC2)nn1.Cl. The predicted molar refractivity (Wildman–Crippen MR) is 97.2 cm³/mol. The van der Waals surface area contributed by atoms with Gasteiger partial charge < -0.3 is 15.4 Å². The number of amides is 1. The molecule has 2 heterocycles. The van der Waals surface area contributed by atoms with Crippen molar-refractivity contribution in [1.29, 1.82) is 0 Å². The normalized spacial score (nSPS) is 14.6. The Labute approximate surface area is 153 Å². The van der Waals surface area contributed by atoms with Crippen LogP contribution in [0.4, 0.5) is 0 Å². The van der Waals surface area contributed by atoms with Crippen LogP contribution in [-0.4, -0.2) is 40.6 Å². The highest BCUT2D eigenvalue weighted by molar-refractivity contribution is 5.91. The molecule has 25 heavy (non-hydrogen) atoms. The first-order valence-corrected chi connectivity index (χ1v) is 8.39. The number of carbonyl (C=O) groups excluding carboxylic acids is 1. The van der Waals surface area contributed by atoms with E-state index >= 15 is 0 Å². The number of nitrogens with zero attached hydrogens (tertiary/aromatic N) is 3. The molecule has 1 aromatic heterocycles. The molecule has 1 saturated heterocycles. The van der Waals surface area contributed by atoms with E-state index in [2.05, 4.69) is 20.9 Å². The summed E-state index contributed by atoms with van der Waals surface area (Å²) in [5.74, 6) is 0.570. The van der Waals surface area contributed by atoms with Crippen molar-refractivity contribution in [3.63, 3.8) is 0 Å². The third-order valence-corrected chi connectivity index (χ3v) is 4.14. The molecule has 7 nitrogen and oxygen atoms in total. The predicted octanol–water partition coefficient (Wildman–Crippen LogP) is 1.95. The second-order valence-corrected chi connectivity index (χ2v) is 5.79. The van der Waals surface area contributed by atoms with Gasteiger partial charge in [-0.25, -0.2) is 4.68 Å². The Morgan fingerprint density at radius 1 is 1.36 bits per heavy atom. The summed E-state index contributed by atoms with van der Waals surface area (Å²) in [6, 6.07) is 8.01. The lowest BCUT2D eigenvalue weighted by Crippen LogP contribution is -2.29.